The average molecular weight is 315 g/mol. The van der Waals surface area contributed by atoms with Crippen molar-refractivity contribution in [3.63, 3.8) is 0 Å². The van der Waals surface area contributed by atoms with Crippen molar-refractivity contribution < 1.29 is 9.53 Å². The van der Waals surface area contributed by atoms with Crippen LogP contribution >= 0.6 is 23.2 Å². The maximum absolute atomic E-state index is 12.3. The van der Waals surface area contributed by atoms with Crippen LogP contribution in [0, 0.1) is 17.3 Å². The Morgan fingerprint density at radius 2 is 2.15 bits per heavy atom. The van der Waals surface area contributed by atoms with Crippen molar-refractivity contribution >= 4 is 34.8 Å². The van der Waals surface area contributed by atoms with Gasteiger partial charge in [-0.1, -0.05) is 37.0 Å². The molecule has 1 fully saturated rings. The summed E-state index contributed by atoms with van der Waals surface area (Å²) in [5.74, 6) is 0.359. The van der Waals surface area contributed by atoms with Gasteiger partial charge in [-0.3, -0.25) is 4.79 Å². The summed E-state index contributed by atoms with van der Waals surface area (Å²) in [6, 6.07) is 3.44. The molecular formula is C14H16Cl2N2O2. The molecule has 1 N–H and O–H groups in total. The number of carbonyl (C=O) groups is 1. The number of halogens is 2. The van der Waals surface area contributed by atoms with Gasteiger partial charge in [0.25, 0.3) is 0 Å². The first-order valence-electron chi connectivity index (χ1n) is 6.20. The van der Waals surface area contributed by atoms with Crippen LogP contribution in [0.1, 0.15) is 13.8 Å². The Morgan fingerprint density at radius 3 is 2.65 bits per heavy atom. The first-order valence-corrected chi connectivity index (χ1v) is 6.95. The van der Waals surface area contributed by atoms with Gasteiger partial charge >= 0.3 is 0 Å². The molecular weight excluding hydrogens is 299 g/mol. The van der Waals surface area contributed by atoms with Crippen LogP contribution in [-0.4, -0.2) is 18.0 Å². The van der Waals surface area contributed by atoms with Crippen LogP contribution in [0.4, 0.5) is 5.69 Å². The molecule has 1 saturated carbocycles. The van der Waals surface area contributed by atoms with Gasteiger partial charge in [-0.25, -0.2) is 4.98 Å². The zero-order valence-electron chi connectivity index (χ0n) is 11.5. The van der Waals surface area contributed by atoms with E-state index < -0.39 is 0 Å². The molecule has 0 aromatic carbocycles. The van der Waals surface area contributed by atoms with Gasteiger partial charge in [0, 0.05) is 6.07 Å². The van der Waals surface area contributed by atoms with Gasteiger partial charge in [0.15, 0.2) is 0 Å². The first kappa shape index (κ1) is 15.1. The van der Waals surface area contributed by atoms with Gasteiger partial charge in [0.1, 0.15) is 4.49 Å². The minimum atomic E-state index is -0.142. The van der Waals surface area contributed by atoms with Crippen LogP contribution in [0.15, 0.2) is 28.9 Å². The van der Waals surface area contributed by atoms with Crippen LogP contribution in [-0.2, 0) is 4.79 Å². The van der Waals surface area contributed by atoms with E-state index in [1.165, 1.54) is 0 Å². The molecule has 4 nitrogen and oxygen atoms in total. The minimum absolute atomic E-state index is 0.0544. The summed E-state index contributed by atoms with van der Waals surface area (Å²) in [6.45, 7) is 4.03. The lowest BCUT2D eigenvalue weighted by molar-refractivity contribution is -0.118. The topological polar surface area (TPSA) is 51.2 Å². The number of anilines is 1. The highest BCUT2D eigenvalue weighted by atomic mass is 35.5. The Kier molecular flexibility index (Phi) is 4.25. The van der Waals surface area contributed by atoms with Crippen molar-refractivity contribution in [1.82, 2.24) is 4.98 Å². The van der Waals surface area contributed by atoms with Crippen molar-refractivity contribution in [3.8, 4) is 5.88 Å². The van der Waals surface area contributed by atoms with Gasteiger partial charge in [0.05, 0.1) is 24.9 Å². The number of amides is 1. The van der Waals surface area contributed by atoms with Crippen molar-refractivity contribution in [2.24, 2.45) is 17.3 Å². The van der Waals surface area contributed by atoms with Crippen LogP contribution in [0.3, 0.4) is 0 Å². The minimum Gasteiger partial charge on any atom is -0.481 e. The quantitative estimate of drug-likeness (QED) is 0.923. The molecule has 0 aliphatic heterocycles. The van der Waals surface area contributed by atoms with Gasteiger partial charge < -0.3 is 10.1 Å². The van der Waals surface area contributed by atoms with E-state index in [0.29, 0.717) is 11.6 Å². The largest absolute Gasteiger partial charge is 0.481 e. The molecule has 1 aromatic rings. The average Bonchev–Trinajstić information content (AvgIpc) is 2.91. The summed E-state index contributed by atoms with van der Waals surface area (Å²) >= 11 is 11.3. The van der Waals surface area contributed by atoms with E-state index in [2.05, 4.69) is 10.3 Å². The molecule has 2 atom stereocenters. The van der Waals surface area contributed by atoms with Crippen LogP contribution in [0.25, 0.3) is 0 Å². The molecule has 0 spiro atoms. The van der Waals surface area contributed by atoms with Crippen molar-refractivity contribution in [2.75, 3.05) is 12.4 Å². The molecule has 1 aromatic heterocycles. The van der Waals surface area contributed by atoms with Gasteiger partial charge in [-0.05, 0) is 23.5 Å². The summed E-state index contributed by atoms with van der Waals surface area (Å²) in [4.78, 5) is 16.3. The third kappa shape index (κ3) is 3.07. The number of ether oxygens (including phenoxy) is 1. The number of aromatic nitrogens is 1. The lowest BCUT2D eigenvalue weighted by Gasteiger charge is -2.06. The number of carbonyl (C=O) groups excluding carboxylic acids is 1. The van der Waals surface area contributed by atoms with Gasteiger partial charge in [0.2, 0.25) is 11.8 Å². The Labute approximate surface area is 128 Å². The summed E-state index contributed by atoms with van der Waals surface area (Å²) in [7, 11) is 1.54. The number of pyridine rings is 1. The van der Waals surface area contributed by atoms with E-state index in [9.17, 15) is 4.79 Å². The van der Waals surface area contributed by atoms with Crippen molar-refractivity contribution in [3.05, 3.63) is 28.9 Å². The SMILES string of the molecule is COc1ccc(NC(=O)C2C(C=C(Cl)Cl)C2(C)C)cn1. The lowest BCUT2D eigenvalue weighted by atomic mass is 10.1. The predicted octanol–water partition coefficient (Wildman–Crippen LogP) is 3.62. The molecule has 2 rings (SSSR count). The number of allylic oxidation sites excluding steroid dienone is 1. The molecule has 20 heavy (non-hydrogen) atoms. The fourth-order valence-electron chi connectivity index (χ4n) is 2.42. The predicted molar refractivity (Wildman–Crippen MR) is 80.0 cm³/mol. The summed E-state index contributed by atoms with van der Waals surface area (Å²) in [5.41, 5.74) is 0.497. The second-order valence-corrected chi connectivity index (χ2v) is 6.37. The van der Waals surface area contributed by atoms with Crippen LogP contribution in [0.2, 0.25) is 0 Å². The molecule has 1 heterocycles. The molecule has 2 unspecified atom stereocenters. The maximum atomic E-state index is 12.3. The number of hydrogen-bond donors (Lipinski definition) is 1. The third-order valence-electron chi connectivity index (χ3n) is 3.71. The third-order valence-corrected chi connectivity index (χ3v) is 3.96. The highest BCUT2D eigenvalue weighted by Crippen LogP contribution is 2.59. The fraction of sp³-hybridized carbons (Fsp3) is 0.429. The molecule has 0 saturated heterocycles. The molecule has 0 bridgehead atoms. The van der Waals surface area contributed by atoms with E-state index in [0.717, 1.165) is 0 Å². The molecule has 108 valence electrons. The van der Waals surface area contributed by atoms with Crippen molar-refractivity contribution in [2.45, 2.75) is 13.8 Å². The van der Waals surface area contributed by atoms with E-state index in [1.54, 1.807) is 31.5 Å². The Bertz CT molecular complexity index is 537. The maximum Gasteiger partial charge on any atom is 0.228 e. The number of nitrogens with one attached hydrogen (secondary N) is 1. The Morgan fingerprint density at radius 1 is 1.45 bits per heavy atom. The zero-order chi connectivity index (χ0) is 14.9. The molecule has 1 aliphatic rings. The summed E-state index contributed by atoms with van der Waals surface area (Å²) in [6.07, 6.45) is 3.28. The lowest BCUT2D eigenvalue weighted by Crippen LogP contribution is -2.16. The zero-order valence-corrected chi connectivity index (χ0v) is 13.0. The molecule has 0 radical (unpaired) electrons. The smallest absolute Gasteiger partial charge is 0.228 e. The normalized spacial score (nSPS) is 22.9. The number of hydrogen-bond acceptors (Lipinski definition) is 3. The molecule has 6 heteroatoms. The molecule has 1 aliphatic carbocycles. The number of methoxy groups -OCH3 is 1. The second kappa shape index (κ2) is 5.62. The van der Waals surface area contributed by atoms with Crippen molar-refractivity contribution in [1.29, 1.82) is 0 Å². The van der Waals surface area contributed by atoms with E-state index in [4.69, 9.17) is 27.9 Å². The highest BCUT2D eigenvalue weighted by Gasteiger charge is 2.60. The summed E-state index contributed by atoms with van der Waals surface area (Å²) in [5, 5.41) is 2.84. The van der Waals surface area contributed by atoms with E-state index in [-0.39, 0.29) is 27.6 Å². The fourth-order valence-corrected chi connectivity index (χ4v) is 2.69. The standard InChI is InChI=1S/C14H16Cl2N2O2/c1-14(2)9(6-10(15)16)12(14)13(19)18-8-4-5-11(20-3)17-7-8/h4-7,9,12H,1-3H3,(H,18,19). The van der Waals surface area contributed by atoms with Crippen LogP contribution < -0.4 is 10.1 Å². The number of nitrogens with zero attached hydrogens (tertiary/aromatic N) is 1. The first-order chi connectivity index (χ1) is 9.36. The highest BCUT2D eigenvalue weighted by molar-refractivity contribution is 6.55. The monoisotopic (exact) mass is 314 g/mol. The van der Waals surface area contributed by atoms with Gasteiger partial charge in [-0.15, -0.1) is 0 Å². The van der Waals surface area contributed by atoms with E-state index in [1.807, 2.05) is 13.8 Å². The Hall–Kier alpha value is -1.26. The van der Waals surface area contributed by atoms with Crippen LogP contribution in [0.5, 0.6) is 5.88 Å². The number of rotatable bonds is 4. The second-order valence-electron chi connectivity index (χ2n) is 5.36. The molecule has 1 amide bonds. The summed E-state index contributed by atoms with van der Waals surface area (Å²) < 4.78 is 5.17. The van der Waals surface area contributed by atoms with Gasteiger partial charge in [-0.2, -0.15) is 0 Å². The Balaban J connectivity index is 2.04. The van der Waals surface area contributed by atoms with E-state index >= 15 is 0 Å².